The van der Waals surface area contributed by atoms with Crippen LogP contribution in [0, 0.1) is 0 Å². The van der Waals surface area contributed by atoms with E-state index < -0.39 is 0 Å². The summed E-state index contributed by atoms with van der Waals surface area (Å²) in [6.07, 6.45) is 9.23. The van der Waals surface area contributed by atoms with Crippen LogP contribution < -0.4 is 0 Å². The lowest BCUT2D eigenvalue weighted by Crippen LogP contribution is -1.75. The van der Waals surface area contributed by atoms with E-state index in [9.17, 15) is 4.79 Å². The third-order valence-corrected chi connectivity index (χ3v) is 1.83. The molecular formula is C8H7BrO. The normalized spacial score (nSPS) is 17.3. The van der Waals surface area contributed by atoms with Crippen LogP contribution in [0.5, 0.6) is 0 Å². The smallest absolute Gasteiger partial charge is 0.149 e. The maximum absolute atomic E-state index is 10.3. The Bertz CT molecular complexity index is 223. The Balaban J connectivity index is 2.78. The van der Waals surface area contributed by atoms with E-state index in [1.165, 1.54) is 0 Å². The van der Waals surface area contributed by atoms with Crippen molar-refractivity contribution in [2.75, 3.05) is 0 Å². The molecule has 0 bridgehead atoms. The van der Waals surface area contributed by atoms with Crippen LogP contribution in [-0.2, 0) is 4.79 Å². The number of rotatable bonds is 1. The molecule has 1 aliphatic carbocycles. The van der Waals surface area contributed by atoms with E-state index in [0.717, 1.165) is 22.8 Å². The van der Waals surface area contributed by atoms with Crippen molar-refractivity contribution in [3.05, 3.63) is 34.4 Å². The van der Waals surface area contributed by atoms with Gasteiger partial charge in [-0.25, -0.2) is 0 Å². The highest BCUT2D eigenvalue weighted by atomic mass is 79.9. The third kappa shape index (κ3) is 1.95. The molecule has 0 aromatic heterocycles. The first-order valence-corrected chi connectivity index (χ1v) is 3.81. The van der Waals surface area contributed by atoms with E-state index in [1.807, 2.05) is 18.2 Å². The minimum Gasteiger partial charge on any atom is -0.298 e. The molecule has 0 N–H and O–H groups in total. The van der Waals surface area contributed by atoms with Crippen molar-refractivity contribution >= 4 is 22.2 Å². The van der Waals surface area contributed by atoms with Gasteiger partial charge in [0.05, 0.1) is 0 Å². The number of carbonyl (C=O) groups excluding carboxylic acids is 1. The molecule has 0 fully saturated rings. The summed E-state index contributed by atoms with van der Waals surface area (Å²) >= 11 is 3.32. The quantitative estimate of drug-likeness (QED) is 0.592. The molecule has 0 heterocycles. The predicted molar refractivity (Wildman–Crippen MR) is 44.9 cm³/mol. The van der Waals surface area contributed by atoms with Crippen molar-refractivity contribution in [3.63, 3.8) is 0 Å². The third-order valence-electron chi connectivity index (χ3n) is 1.24. The van der Waals surface area contributed by atoms with E-state index in [2.05, 4.69) is 15.9 Å². The van der Waals surface area contributed by atoms with Crippen LogP contribution in [0.15, 0.2) is 34.4 Å². The number of carbonyl (C=O) groups is 1. The van der Waals surface area contributed by atoms with Gasteiger partial charge in [-0.3, -0.25) is 4.79 Å². The molecule has 0 unspecified atom stereocenters. The van der Waals surface area contributed by atoms with Gasteiger partial charge < -0.3 is 0 Å². The zero-order valence-electron chi connectivity index (χ0n) is 5.38. The molecule has 0 aromatic rings. The van der Waals surface area contributed by atoms with Crippen LogP contribution in [0.1, 0.15) is 6.42 Å². The Labute approximate surface area is 68.2 Å². The molecule has 0 saturated carbocycles. The average molecular weight is 199 g/mol. The van der Waals surface area contributed by atoms with Crippen molar-refractivity contribution in [1.82, 2.24) is 0 Å². The molecule has 10 heavy (non-hydrogen) atoms. The lowest BCUT2D eigenvalue weighted by molar-refractivity contribution is -0.104. The van der Waals surface area contributed by atoms with Crippen LogP contribution in [0.25, 0.3) is 0 Å². The van der Waals surface area contributed by atoms with E-state index in [1.54, 1.807) is 6.08 Å². The summed E-state index contributed by atoms with van der Waals surface area (Å²) < 4.78 is 1.03. The number of aldehydes is 1. The van der Waals surface area contributed by atoms with E-state index in [-0.39, 0.29) is 0 Å². The van der Waals surface area contributed by atoms with Gasteiger partial charge in [-0.05, 0) is 12.5 Å². The highest BCUT2D eigenvalue weighted by Crippen LogP contribution is 2.13. The van der Waals surface area contributed by atoms with Crippen molar-refractivity contribution in [2.45, 2.75) is 6.42 Å². The Morgan fingerprint density at radius 2 is 2.20 bits per heavy atom. The highest BCUT2D eigenvalue weighted by Gasteiger charge is 1.92. The summed E-state index contributed by atoms with van der Waals surface area (Å²) in [5, 5.41) is 0. The molecule has 2 heteroatoms. The molecule has 1 nitrogen and oxygen atoms in total. The van der Waals surface area contributed by atoms with Gasteiger partial charge in [0.15, 0.2) is 0 Å². The van der Waals surface area contributed by atoms with Crippen LogP contribution in [0.4, 0.5) is 0 Å². The lowest BCUT2D eigenvalue weighted by Gasteiger charge is -1.82. The second-order valence-corrected chi connectivity index (χ2v) is 2.90. The fourth-order valence-corrected chi connectivity index (χ4v) is 1.03. The summed E-state index contributed by atoms with van der Waals surface area (Å²) in [6, 6.07) is 0. The standard InChI is InChI=1S/C8H7BrO/c9-8-3-1-2-7(6-10)4-5-8/h2-6H,1H2. The topological polar surface area (TPSA) is 17.1 Å². The molecule has 1 rings (SSSR count). The molecule has 0 saturated heterocycles. The summed E-state index contributed by atoms with van der Waals surface area (Å²) in [5.74, 6) is 0. The van der Waals surface area contributed by atoms with Gasteiger partial charge in [-0.1, -0.05) is 34.2 Å². The first-order chi connectivity index (χ1) is 4.83. The van der Waals surface area contributed by atoms with Gasteiger partial charge in [0.25, 0.3) is 0 Å². The molecule has 0 amide bonds. The minimum absolute atomic E-state index is 0.741. The van der Waals surface area contributed by atoms with Crippen molar-refractivity contribution in [1.29, 1.82) is 0 Å². The van der Waals surface area contributed by atoms with Crippen LogP contribution in [-0.4, -0.2) is 6.29 Å². The summed E-state index contributed by atoms with van der Waals surface area (Å²) in [7, 11) is 0. The van der Waals surface area contributed by atoms with Crippen molar-refractivity contribution in [3.8, 4) is 0 Å². The second kappa shape index (κ2) is 3.52. The monoisotopic (exact) mass is 198 g/mol. The number of halogens is 1. The fourth-order valence-electron chi connectivity index (χ4n) is 0.707. The van der Waals surface area contributed by atoms with Gasteiger partial charge in [-0.15, -0.1) is 0 Å². The Morgan fingerprint density at radius 3 is 2.90 bits per heavy atom. The maximum Gasteiger partial charge on any atom is 0.149 e. The first kappa shape index (κ1) is 7.48. The molecule has 0 aromatic carbocycles. The largest absolute Gasteiger partial charge is 0.298 e. The van der Waals surface area contributed by atoms with E-state index >= 15 is 0 Å². The molecule has 0 atom stereocenters. The summed E-state index contributed by atoms with van der Waals surface area (Å²) in [5.41, 5.74) is 0.741. The molecule has 1 aliphatic rings. The van der Waals surface area contributed by atoms with Gasteiger partial charge in [0.1, 0.15) is 6.29 Å². The van der Waals surface area contributed by atoms with Crippen LogP contribution in [0.2, 0.25) is 0 Å². The van der Waals surface area contributed by atoms with Crippen LogP contribution in [0.3, 0.4) is 0 Å². The molecule has 0 radical (unpaired) electrons. The first-order valence-electron chi connectivity index (χ1n) is 3.02. The SMILES string of the molecule is O=CC1=CCC=C(Br)C=C1. The lowest BCUT2D eigenvalue weighted by atomic mass is 10.2. The summed E-state index contributed by atoms with van der Waals surface area (Å²) in [4.78, 5) is 10.3. The zero-order chi connectivity index (χ0) is 7.40. The fraction of sp³-hybridized carbons (Fsp3) is 0.125. The predicted octanol–water partition coefficient (Wildman–Crippen LogP) is 2.35. The average Bonchev–Trinajstić information content (AvgIpc) is 2.14. The van der Waals surface area contributed by atoms with Gasteiger partial charge in [0, 0.05) is 10.1 Å². The number of hydrogen-bond donors (Lipinski definition) is 0. The Morgan fingerprint density at radius 1 is 1.40 bits per heavy atom. The van der Waals surface area contributed by atoms with E-state index in [0.29, 0.717) is 0 Å². The molecule has 0 spiro atoms. The van der Waals surface area contributed by atoms with E-state index in [4.69, 9.17) is 0 Å². The molecule has 0 aliphatic heterocycles. The maximum atomic E-state index is 10.3. The van der Waals surface area contributed by atoms with Crippen molar-refractivity contribution in [2.24, 2.45) is 0 Å². The number of hydrogen-bond acceptors (Lipinski definition) is 1. The number of allylic oxidation sites excluding steroid dienone is 6. The Kier molecular flexibility index (Phi) is 2.63. The molecular weight excluding hydrogens is 192 g/mol. The Hall–Kier alpha value is -0.630. The second-order valence-electron chi connectivity index (χ2n) is 1.98. The zero-order valence-corrected chi connectivity index (χ0v) is 6.97. The summed E-state index contributed by atoms with van der Waals surface area (Å²) in [6.45, 7) is 0. The van der Waals surface area contributed by atoms with Gasteiger partial charge in [-0.2, -0.15) is 0 Å². The molecule has 52 valence electrons. The van der Waals surface area contributed by atoms with Gasteiger partial charge in [0.2, 0.25) is 0 Å². The van der Waals surface area contributed by atoms with Crippen LogP contribution >= 0.6 is 15.9 Å². The van der Waals surface area contributed by atoms with Gasteiger partial charge >= 0.3 is 0 Å². The van der Waals surface area contributed by atoms with Crippen molar-refractivity contribution < 1.29 is 4.79 Å². The minimum atomic E-state index is 0.741. The highest BCUT2D eigenvalue weighted by molar-refractivity contribution is 9.11.